The standard InChI is InChI=1S/C21H27NO3/c1-5-20(25-19-10-6-16(4)7-11-19)21(23)22-14-17-8-12-18(13-9-17)24-15(2)3/h6-13,15,20H,5,14H2,1-4H3,(H,22,23)/t20-/m0/s1. The second-order valence-corrected chi connectivity index (χ2v) is 6.36. The normalized spacial score (nSPS) is 11.9. The number of hydrogen-bond donors (Lipinski definition) is 1. The number of carbonyl (C=O) groups excluding carboxylic acids is 1. The highest BCUT2D eigenvalue weighted by molar-refractivity contribution is 5.81. The maximum absolute atomic E-state index is 12.4. The summed E-state index contributed by atoms with van der Waals surface area (Å²) >= 11 is 0. The fourth-order valence-electron chi connectivity index (χ4n) is 2.36. The zero-order chi connectivity index (χ0) is 18.2. The van der Waals surface area contributed by atoms with E-state index in [1.807, 2.05) is 76.2 Å². The molecule has 2 aromatic rings. The first-order valence-electron chi connectivity index (χ1n) is 8.74. The summed E-state index contributed by atoms with van der Waals surface area (Å²) in [4.78, 5) is 12.4. The van der Waals surface area contributed by atoms with Crippen LogP contribution < -0.4 is 14.8 Å². The quantitative estimate of drug-likeness (QED) is 0.780. The van der Waals surface area contributed by atoms with Crippen molar-refractivity contribution in [3.63, 3.8) is 0 Å². The van der Waals surface area contributed by atoms with E-state index >= 15 is 0 Å². The number of nitrogens with one attached hydrogen (secondary N) is 1. The van der Waals surface area contributed by atoms with E-state index in [-0.39, 0.29) is 12.0 Å². The van der Waals surface area contributed by atoms with Gasteiger partial charge in [0, 0.05) is 6.54 Å². The fourth-order valence-corrected chi connectivity index (χ4v) is 2.36. The Labute approximate surface area is 150 Å². The molecule has 0 spiro atoms. The SMILES string of the molecule is CC[C@H](Oc1ccc(C)cc1)C(=O)NCc1ccc(OC(C)C)cc1. The van der Waals surface area contributed by atoms with E-state index in [1.54, 1.807) is 0 Å². The Kier molecular flexibility index (Phi) is 6.87. The Hall–Kier alpha value is -2.49. The van der Waals surface area contributed by atoms with E-state index < -0.39 is 6.10 Å². The van der Waals surface area contributed by atoms with Gasteiger partial charge in [0.2, 0.25) is 0 Å². The van der Waals surface area contributed by atoms with Crippen LogP contribution in [-0.2, 0) is 11.3 Å². The summed E-state index contributed by atoms with van der Waals surface area (Å²) in [5.41, 5.74) is 2.18. The Morgan fingerprint density at radius 2 is 1.52 bits per heavy atom. The molecule has 0 aromatic heterocycles. The molecule has 0 saturated carbocycles. The molecule has 0 aliphatic rings. The van der Waals surface area contributed by atoms with Gasteiger partial charge in [0.15, 0.2) is 6.10 Å². The molecule has 1 amide bonds. The van der Waals surface area contributed by atoms with Gasteiger partial charge in [-0.3, -0.25) is 4.79 Å². The molecule has 134 valence electrons. The van der Waals surface area contributed by atoms with Gasteiger partial charge in [-0.2, -0.15) is 0 Å². The lowest BCUT2D eigenvalue weighted by Gasteiger charge is -2.17. The molecule has 0 unspecified atom stereocenters. The molecule has 0 heterocycles. The molecular weight excluding hydrogens is 314 g/mol. The number of amides is 1. The Balaban J connectivity index is 1.87. The molecule has 2 aromatic carbocycles. The summed E-state index contributed by atoms with van der Waals surface area (Å²) < 4.78 is 11.4. The number of hydrogen-bond acceptors (Lipinski definition) is 3. The van der Waals surface area contributed by atoms with Gasteiger partial charge in [-0.15, -0.1) is 0 Å². The molecule has 0 aliphatic heterocycles. The minimum atomic E-state index is -0.494. The molecule has 2 rings (SSSR count). The minimum absolute atomic E-state index is 0.106. The zero-order valence-corrected chi connectivity index (χ0v) is 15.4. The van der Waals surface area contributed by atoms with Crippen LogP contribution in [0.25, 0.3) is 0 Å². The molecular formula is C21H27NO3. The molecule has 1 N–H and O–H groups in total. The second-order valence-electron chi connectivity index (χ2n) is 6.36. The lowest BCUT2D eigenvalue weighted by molar-refractivity contribution is -0.128. The summed E-state index contributed by atoms with van der Waals surface area (Å²) in [5, 5.41) is 2.94. The van der Waals surface area contributed by atoms with Gasteiger partial charge in [-0.25, -0.2) is 0 Å². The van der Waals surface area contributed by atoms with Crippen molar-refractivity contribution in [1.82, 2.24) is 5.32 Å². The van der Waals surface area contributed by atoms with Gasteiger partial charge < -0.3 is 14.8 Å². The molecule has 25 heavy (non-hydrogen) atoms. The van der Waals surface area contributed by atoms with Gasteiger partial charge >= 0.3 is 0 Å². The highest BCUT2D eigenvalue weighted by Gasteiger charge is 2.18. The first-order chi connectivity index (χ1) is 12.0. The summed E-state index contributed by atoms with van der Waals surface area (Å²) in [6.07, 6.45) is 0.266. The Morgan fingerprint density at radius 1 is 0.960 bits per heavy atom. The van der Waals surface area contributed by atoms with Crippen LogP contribution in [0.15, 0.2) is 48.5 Å². The Morgan fingerprint density at radius 3 is 2.08 bits per heavy atom. The van der Waals surface area contributed by atoms with Gasteiger partial charge in [0.25, 0.3) is 5.91 Å². The number of aryl methyl sites for hydroxylation is 1. The first-order valence-corrected chi connectivity index (χ1v) is 8.74. The van der Waals surface area contributed by atoms with Crippen molar-refractivity contribution >= 4 is 5.91 Å². The second kappa shape index (κ2) is 9.11. The van der Waals surface area contributed by atoms with Crippen LogP contribution in [0.4, 0.5) is 0 Å². The third-order valence-electron chi connectivity index (χ3n) is 3.72. The smallest absolute Gasteiger partial charge is 0.261 e. The van der Waals surface area contributed by atoms with Crippen molar-refractivity contribution in [2.24, 2.45) is 0 Å². The van der Waals surface area contributed by atoms with Crippen molar-refractivity contribution in [1.29, 1.82) is 0 Å². The lowest BCUT2D eigenvalue weighted by atomic mass is 10.2. The summed E-state index contributed by atoms with van der Waals surface area (Å²) in [7, 11) is 0. The molecule has 0 aliphatic carbocycles. The third-order valence-corrected chi connectivity index (χ3v) is 3.72. The van der Waals surface area contributed by atoms with Crippen LogP contribution in [0.1, 0.15) is 38.3 Å². The lowest BCUT2D eigenvalue weighted by Crippen LogP contribution is -2.37. The number of ether oxygens (including phenoxy) is 2. The average molecular weight is 341 g/mol. The third kappa shape index (κ3) is 6.14. The molecule has 0 bridgehead atoms. The predicted molar refractivity (Wildman–Crippen MR) is 99.9 cm³/mol. The van der Waals surface area contributed by atoms with E-state index in [1.165, 1.54) is 0 Å². The van der Waals surface area contributed by atoms with Crippen LogP contribution >= 0.6 is 0 Å². The van der Waals surface area contributed by atoms with E-state index in [2.05, 4.69) is 5.32 Å². The van der Waals surface area contributed by atoms with Crippen LogP contribution in [0.2, 0.25) is 0 Å². The summed E-state index contributed by atoms with van der Waals surface area (Å²) in [6, 6.07) is 15.5. The van der Waals surface area contributed by atoms with Crippen molar-refractivity contribution < 1.29 is 14.3 Å². The first kappa shape index (κ1) is 18.8. The summed E-state index contributed by atoms with van der Waals surface area (Å²) in [5.74, 6) is 1.44. The monoisotopic (exact) mass is 341 g/mol. The van der Waals surface area contributed by atoms with Crippen LogP contribution in [-0.4, -0.2) is 18.1 Å². The molecule has 0 saturated heterocycles. The summed E-state index contributed by atoms with van der Waals surface area (Å²) in [6.45, 7) is 8.41. The van der Waals surface area contributed by atoms with E-state index in [9.17, 15) is 4.79 Å². The van der Waals surface area contributed by atoms with Gasteiger partial charge in [-0.1, -0.05) is 36.8 Å². The van der Waals surface area contributed by atoms with Gasteiger partial charge in [-0.05, 0) is 57.0 Å². The van der Waals surface area contributed by atoms with Crippen molar-refractivity contribution in [3.8, 4) is 11.5 Å². The highest BCUT2D eigenvalue weighted by atomic mass is 16.5. The molecule has 0 fully saturated rings. The van der Waals surface area contributed by atoms with E-state index in [0.717, 1.165) is 16.9 Å². The van der Waals surface area contributed by atoms with Gasteiger partial charge in [0.05, 0.1) is 6.10 Å². The Bertz CT molecular complexity index is 663. The fraction of sp³-hybridized carbons (Fsp3) is 0.381. The van der Waals surface area contributed by atoms with E-state index in [4.69, 9.17) is 9.47 Å². The van der Waals surface area contributed by atoms with Crippen LogP contribution in [0.5, 0.6) is 11.5 Å². The van der Waals surface area contributed by atoms with Crippen molar-refractivity contribution in [3.05, 3.63) is 59.7 Å². The largest absolute Gasteiger partial charge is 0.491 e. The van der Waals surface area contributed by atoms with Gasteiger partial charge in [0.1, 0.15) is 11.5 Å². The maximum atomic E-state index is 12.4. The average Bonchev–Trinajstić information content (AvgIpc) is 2.60. The predicted octanol–water partition coefficient (Wildman–Crippen LogP) is 4.26. The number of carbonyl (C=O) groups is 1. The maximum Gasteiger partial charge on any atom is 0.261 e. The van der Waals surface area contributed by atoms with Crippen LogP contribution in [0, 0.1) is 6.92 Å². The van der Waals surface area contributed by atoms with Crippen molar-refractivity contribution in [2.45, 2.75) is 52.9 Å². The van der Waals surface area contributed by atoms with E-state index in [0.29, 0.717) is 18.7 Å². The number of benzene rings is 2. The minimum Gasteiger partial charge on any atom is -0.491 e. The highest BCUT2D eigenvalue weighted by Crippen LogP contribution is 2.16. The zero-order valence-electron chi connectivity index (χ0n) is 15.4. The molecule has 0 radical (unpaired) electrons. The molecule has 1 atom stereocenters. The molecule has 4 heteroatoms. The number of rotatable bonds is 8. The van der Waals surface area contributed by atoms with Crippen LogP contribution in [0.3, 0.4) is 0 Å². The topological polar surface area (TPSA) is 47.6 Å². The van der Waals surface area contributed by atoms with Crippen molar-refractivity contribution in [2.75, 3.05) is 0 Å². The molecule has 4 nitrogen and oxygen atoms in total.